The van der Waals surface area contributed by atoms with E-state index in [2.05, 4.69) is 10.6 Å². The van der Waals surface area contributed by atoms with Crippen LogP contribution in [0.2, 0.25) is 0 Å². The minimum atomic E-state index is -0.799. The molecule has 0 atom stereocenters. The average Bonchev–Trinajstić information content (AvgIpc) is 2.69. The maximum absolute atomic E-state index is 13.4. The monoisotopic (exact) mass is 265 g/mol. The Balaban J connectivity index is 1.99. The van der Waals surface area contributed by atoms with Crippen LogP contribution < -0.4 is 10.6 Å². The summed E-state index contributed by atoms with van der Waals surface area (Å²) in [5.41, 5.74) is 0.0220. The number of hydrogen-bond donors (Lipinski definition) is 2. The normalized spacial score (nSPS) is 15.7. The molecule has 1 aromatic carbocycles. The molecule has 2 amide bonds. The van der Waals surface area contributed by atoms with E-state index in [4.69, 9.17) is 0 Å². The number of nitrogens with zero attached hydrogens (tertiary/aromatic N) is 1. The molecule has 0 aromatic heterocycles. The SMILES string of the molecule is O=C(Nc1ccccc1F)C(=O)N1CCCNCC1. The van der Waals surface area contributed by atoms with E-state index in [0.29, 0.717) is 19.6 Å². The number of benzene rings is 1. The second kappa shape index (κ2) is 6.29. The third-order valence-electron chi connectivity index (χ3n) is 2.94. The van der Waals surface area contributed by atoms with Crippen molar-refractivity contribution in [2.75, 3.05) is 31.5 Å². The largest absolute Gasteiger partial charge is 0.333 e. The number of carbonyl (C=O) groups excluding carboxylic acids is 2. The fraction of sp³-hybridized carbons (Fsp3) is 0.385. The first-order chi connectivity index (χ1) is 9.18. The Morgan fingerprint density at radius 2 is 2.00 bits per heavy atom. The van der Waals surface area contributed by atoms with Crippen molar-refractivity contribution in [2.24, 2.45) is 0 Å². The smallest absolute Gasteiger partial charge is 0.313 e. The molecule has 19 heavy (non-hydrogen) atoms. The van der Waals surface area contributed by atoms with Gasteiger partial charge in [-0.15, -0.1) is 0 Å². The summed E-state index contributed by atoms with van der Waals surface area (Å²) in [4.78, 5) is 25.2. The van der Waals surface area contributed by atoms with Crippen LogP contribution in [-0.4, -0.2) is 42.9 Å². The number of carbonyl (C=O) groups is 2. The van der Waals surface area contributed by atoms with E-state index in [-0.39, 0.29) is 5.69 Å². The van der Waals surface area contributed by atoms with Gasteiger partial charge in [0.15, 0.2) is 0 Å². The van der Waals surface area contributed by atoms with Crippen molar-refractivity contribution in [1.29, 1.82) is 0 Å². The average molecular weight is 265 g/mol. The number of anilines is 1. The zero-order valence-corrected chi connectivity index (χ0v) is 10.5. The predicted octanol–water partition coefficient (Wildman–Crippen LogP) is 0.586. The Morgan fingerprint density at radius 1 is 1.21 bits per heavy atom. The van der Waals surface area contributed by atoms with E-state index in [0.717, 1.165) is 13.0 Å². The second-order valence-corrected chi connectivity index (χ2v) is 4.33. The first kappa shape index (κ1) is 13.5. The summed E-state index contributed by atoms with van der Waals surface area (Å²) in [5, 5.41) is 5.45. The number of amides is 2. The number of rotatable bonds is 1. The molecule has 1 aromatic rings. The molecule has 0 saturated carbocycles. The Labute approximate surface area is 110 Å². The lowest BCUT2D eigenvalue weighted by Crippen LogP contribution is -2.41. The lowest BCUT2D eigenvalue weighted by molar-refractivity contribution is -0.143. The van der Waals surface area contributed by atoms with Gasteiger partial charge in [-0.1, -0.05) is 12.1 Å². The summed E-state index contributed by atoms with van der Waals surface area (Å²) in [6.45, 7) is 2.53. The van der Waals surface area contributed by atoms with Gasteiger partial charge in [-0.05, 0) is 25.1 Å². The van der Waals surface area contributed by atoms with Crippen LogP contribution in [0.15, 0.2) is 24.3 Å². The number of para-hydroxylation sites is 1. The van der Waals surface area contributed by atoms with Crippen LogP contribution >= 0.6 is 0 Å². The molecule has 0 unspecified atom stereocenters. The molecule has 1 saturated heterocycles. The molecule has 0 bridgehead atoms. The van der Waals surface area contributed by atoms with Crippen LogP contribution in [0.5, 0.6) is 0 Å². The minimum absolute atomic E-state index is 0.0220. The molecular formula is C13H16FN3O2. The molecule has 2 rings (SSSR count). The van der Waals surface area contributed by atoms with Crippen LogP contribution in [0.3, 0.4) is 0 Å². The fourth-order valence-corrected chi connectivity index (χ4v) is 1.93. The summed E-state index contributed by atoms with van der Waals surface area (Å²) in [5.74, 6) is -1.97. The molecule has 2 N–H and O–H groups in total. The van der Waals surface area contributed by atoms with Gasteiger partial charge in [-0.3, -0.25) is 9.59 Å². The maximum atomic E-state index is 13.4. The lowest BCUT2D eigenvalue weighted by Gasteiger charge is -2.19. The molecule has 6 heteroatoms. The quantitative estimate of drug-likeness (QED) is 0.730. The molecule has 1 heterocycles. The highest BCUT2D eigenvalue weighted by Gasteiger charge is 2.23. The summed E-state index contributed by atoms with van der Waals surface area (Å²) < 4.78 is 13.4. The highest BCUT2D eigenvalue weighted by molar-refractivity contribution is 6.39. The van der Waals surface area contributed by atoms with Crippen LogP contribution in [0.25, 0.3) is 0 Å². The zero-order valence-electron chi connectivity index (χ0n) is 10.5. The predicted molar refractivity (Wildman–Crippen MR) is 69.1 cm³/mol. The Kier molecular flexibility index (Phi) is 4.46. The van der Waals surface area contributed by atoms with Crippen molar-refractivity contribution in [3.8, 4) is 0 Å². The third kappa shape index (κ3) is 3.51. The van der Waals surface area contributed by atoms with E-state index in [1.54, 1.807) is 6.07 Å². The van der Waals surface area contributed by atoms with Crippen LogP contribution in [0, 0.1) is 5.82 Å². The van der Waals surface area contributed by atoms with Gasteiger partial charge in [0.25, 0.3) is 0 Å². The van der Waals surface area contributed by atoms with E-state index in [9.17, 15) is 14.0 Å². The minimum Gasteiger partial charge on any atom is -0.333 e. The highest BCUT2D eigenvalue weighted by Crippen LogP contribution is 2.12. The van der Waals surface area contributed by atoms with E-state index in [1.807, 2.05) is 0 Å². The van der Waals surface area contributed by atoms with Crippen molar-refractivity contribution in [1.82, 2.24) is 10.2 Å². The third-order valence-corrected chi connectivity index (χ3v) is 2.94. The van der Waals surface area contributed by atoms with Crippen molar-refractivity contribution in [3.05, 3.63) is 30.1 Å². The Bertz CT molecular complexity index is 471. The van der Waals surface area contributed by atoms with Crippen molar-refractivity contribution >= 4 is 17.5 Å². The van der Waals surface area contributed by atoms with Crippen molar-refractivity contribution in [2.45, 2.75) is 6.42 Å². The maximum Gasteiger partial charge on any atom is 0.313 e. The lowest BCUT2D eigenvalue weighted by atomic mass is 10.3. The summed E-state index contributed by atoms with van der Waals surface area (Å²) in [6, 6.07) is 5.77. The molecule has 0 radical (unpaired) electrons. The zero-order chi connectivity index (χ0) is 13.7. The first-order valence-electron chi connectivity index (χ1n) is 6.24. The van der Waals surface area contributed by atoms with Crippen LogP contribution in [0.4, 0.5) is 10.1 Å². The molecule has 5 nitrogen and oxygen atoms in total. The number of halogens is 1. The standard InChI is InChI=1S/C13H16FN3O2/c14-10-4-1-2-5-11(10)16-12(18)13(19)17-8-3-6-15-7-9-17/h1-2,4-5,15H,3,6-9H2,(H,16,18). The van der Waals surface area contributed by atoms with Gasteiger partial charge in [-0.2, -0.15) is 0 Å². The Morgan fingerprint density at radius 3 is 2.79 bits per heavy atom. The number of hydrogen-bond acceptors (Lipinski definition) is 3. The van der Waals surface area contributed by atoms with Gasteiger partial charge in [0.05, 0.1) is 5.69 Å². The van der Waals surface area contributed by atoms with Crippen molar-refractivity contribution in [3.63, 3.8) is 0 Å². The molecule has 102 valence electrons. The second-order valence-electron chi connectivity index (χ2n) is 4.33. The topological polar surface area (TPSA) is 61.4 Å². The van der Waals surface area contributed by atoms with Crippen LogP contribution in [0.1, 0.15) is 6.42 Å². The molecule has 1 fully saturated rings. The van der Waals surface area contributed by atoms with Gasteiger partial charge in [0, 0.05) is 19.6 Å². The van der Waals surface area contributed by atoms with Crippen molar-refractivity contribution < 1.29 is 14.0 Å². The summed E-state index contributed by atoms with van der Waals surface area (Å²) >= 11 is 0. The van der Waals surface area contributed by atoms with Gasteiger partial charge in [-0.25, -0.2) is 4.39 Å². The van der Waals surface area contributed by atoms with Gasteiger partial charge >= 0.3 is 11.8 Å². The Hall–Kier alpha value is -1.95. The van der Waals surface area contributed by atoms with E-state index >= 15 is 0 Å². The van der Waals surface area contributed by atoms with E-state index in [1.165, 1.54) is 23.1 Å². The summed E-state index contributed by atoms with van der Waals surface area (Å²) in [7, 11) is 0. The van der Waals surface area contributed by atoms with Crippen LogP contribution in [-0.2, 0) is 9.59 Å². The molecular weight excluding hydrogens is 249 g/mol. The molecule has 0 spiro atoms. The van der Waals surface area contributed by atoms with E-state index < -0.39 is 17.6 Å². The first-order valence-corrected chi connectivity index (χ1v) is 6.24. The van der Waals surface area contributed by atoms with Gasteiger partial charge in [0.1, 0.15) is 5.82 Å². The molecule has 1 aliphatic rings. The molecule has 1 aliphatic heterocycles. The fourth-order valence-electron chi connectivity index (χ4n) is 1.93. The highest BCUT2D eigenvalue weighted by atomic mass is 19.1. The van der Waals surface area contributed by atoms with Gasteiger partial charge < -0.3 is 15.5 Å². The number of nitrogens with one attached hydrogen (secondary N) is 2. The van der Waals surface area contributed by atoms with Gasteiger partial charge in [0.2, 0.25) is 0 Å². The molecule has 0 aliphatic carbocycles. The summed E-state index contributed by atoms with van der Waals surface area (Å²) in [6.07, 6.45) is 0.804.